The van der Waals surface area contributed by atoms with Crippen LogP contribution >= 0.6 is 0 Å². The van der Waals surface area contributed by atoms with Gasteiger partial charge in [0.2, 0.25) is 0 Å². The highest BCUT2D eigenvalue weighted by Crippen LogP contribution is 2.49. The number of fused-ring (bicyclic) bond motifs is 1. The average molecular weight is 316 g/mol. The van der Waals surface area contributed by atoms with E-state index in [0.29, 0.717) is 12.0 Å². The lowest BCUT2D eigenvalue weighted by Gasteiger charge is -2.33. The summed E-state index contributed by atoms with van der Waals surface area (Å²) < 4.78 is 11.7. The van der Waals surface area contributed by atoms with Crippen molar-refractivity contribution in [2.45, 2.75) is 44.8 Å². The summed E-state index contributed by atoms with van der Waals surface area (Å²) in [5, 5.41) is 0. The fourth-order valence-electron chi connectivity index (χ4n) is 4.87. The zero-order valence-electron chi connectivity index (χ0n) is 14.0. The van der Waals surface area contributed by atoms with E-state index in [1.165, 1.54) is 50.8 Å². The van der Waals surface area contributed by atoms with Gasteiger partial charge in [-0.15, -0.1) is 0 Å². The van der Waals surface area contributed by atoms with Crippen molar-refractivity contribution < 1.29 is 9.47 Å². The Hall–Kier alpha value is -0.970. The van der Waals surface area contributed by atoms with Crippen molar-refractivity contribution in [1.29, 1.82) is 0 Å². The predicted molar refractivity (Wildman–Crippen MR) is 89.1 cm³/mol. The predicted octanol–water partition coefficient (Wildman–Crippen LogP) is 2.88. The second-order valence-electron chi connectivity index (χ2n) is 7.57. The van der Waals surface area contributed by atoms with Crippen molar-refractivity contribution in [3.8, 4) is 0 Å². The van der Waals surface area contributed by atoms with Gasteiger partial charge >= 0.3 is 0 Å². The van der Waals surface area contributed by atoms with E-state index >= 15 is 0 Å². The molecule has 23 heavy (non-hydrogen) atoms. The van der Waals surface area contributed by atoms with Crippen molar-refractivity contribution >= 4 is 0 Å². The Morgan fingerprint density at radius 3 is 2.87 bits per heavy atom. The molecule has 1 aliphatic carbocycles. The molecule has 126 valence electrons. The molecule has 4 heteroatoms. The van der Waals surface area contributed by atoms with E-state index in [9.17, 15) is 0 Å². The highest BCUT2D eigenvalue weighted by Gasteiger charge is 2.50. The topological polar surface area (TPSA) is 34.6 Å². The molecule has 2 saturated heterocycles. The van der Waals surface area contributed by atoms with E-state index < -0.39 is 0 Å². The molecular formula is C19H28N2O2. The smallest absolute Gasteiger partial charge is 0.0718 e. The van der Waals surface area contributed by atoms with Gasteiger partial charge in [0, 0.05) is 50.2 Å². The molecule has 1 aromatic heterocycles. The van der Waals surface area contributed by atoms with Crippen LogP contribution in [0.25, 0.3) is 0 Å². The number of hydrogen-bond acceptors (Lipinski definition) is 4. The zero-order chi connectivity index (χ0) is 15.5. The number of pyridine rings is 1. The van der Waals surface area contributed by atoms with Crippen LogP contribution < -0.4 is 0 Å². The van der Waals surface area contributed by atoms with Crippen LogP contribution in [0, 0.1) is 11.3 Å². The molecule has 0 radical (unpaired) electrons. The summed E-state index contributed by atoms with van der Waals surface area (Å²) in [6, 6.07) is 4.84. The van der Waals surface area contributed by atoms with E-state index in [1.54, 1.807) is 0 Å². The maximum Gasteiger partial charge on any atom is 0.0718 e. The molecule has 1 saturated carbocycles. The lowest BCUT2D eigenvalue weighted by molar-refractivity contribution is 0.0139. The SMILES string of the molecule is c1cc(COC[C@]23CCC[C@H]2CN(C2CCOCC2)C3)ccn1. The number of ether oxygens (including phenoxy) is 2. The summed E-state index contributed by atoms with van der Waals surface area (Å²) in [6.45, 7) is 6.03. The zero-order valence-corrected chi connectivity index (χ0v) is 14.0. The molecule has 0 amide bonds. The molecule has 0 spiro atoms. The third-order valence-corrected chi connectivity index (χ3v) is 6.18. The first kappa shape index (κ1) is 15.6. The van der Waals surface area contributed by atoms with Crippen molar-refractivity contribution in [1.82, 2.24) is 9.88 Å². The van der Waals surface area contributed by atoms with Gasteiger partial charge in [-0.3, -0.25) is 9.88 Å². The summed E-state index contributed by atoms with van der Waals surface area (Å²) in [7, 11) is 0. The Labute approximate surface area is 139 Å². The van der Waals surface area contributed by atoms with E-state index in [2.05, 4.69) is 9.88 Å². The van der Waals surface area contributed by atoms with Crippen LogP contribution in [0.3, 0.4) is 0 Å². The van der Waals surface area contributed by atoms with Crippen LogP contribution in [0.1, 0.15) is 37.7 Å². The van der Waals surface area contributed by atoms with Crippen LogP contribution in [0.2, 0.25) is 0 Å². The van der Waals surface area contributed by atoms with Crippen LogP contribution in [0.5, 0.6) is 0 Å². The lowest BCUT2D eigenvalue weighted by atomic mass is 9.81. The first-order chi connectivity index (χ1) is 11.4. The molecule has 3 fully saturated rings. The maximum absolute atomic E-state index is 6.16. The standard InChI is InChI=1S/C19H28N2O2/c1-2-17-12-21(18-5-10-22-11-6-18)14-19(17,7-1)15-23-13-16-3-8-20-9-4-16/h3-4,8-9,17-18H,1-2,5-7,10-15H2/t17-,19+/m0/s1. The van der Waals surface area contributed by atoms with Crippen LogP contribution in [0.15, 0.2) is 24.5 Å². The molecular weight excluding hydrogens is 288 g/mol. The Bertz CT molecular complexity index is 503. The highest BCUT2D eigenvalue weighted by atomic mass is 16.5. The molecule has 0 N–H and O–H groups in total. The third-order valence-electron chi connectivity index (χ3n) is 6.18. The number of aromatic nitrogens is 1. The van der Waals surface area contributed by atoms with Gasteiger partial charge in [0.1, 0.15) is 0 Å². The largest absolute Gasteiger partial charge is 0.381 e. The number of likely N-dealkylation sites (tertiary alicyclic amines) is 1. The van der Waals surface area contributed by atoms with E-state index in [-0.39, 0.29) is 0 Å². The summed E-state index contributed by atoms with van der Waals surface area (Å²) in [6.07, 6.45) is 10.2. The Balaban J connectivity index is 1.35. The maximum atomic E-state index is 6.16. The van der Waals surface area contributed by atoms with Crippen molar-refractivity contribution in [2.24, 2.45) is 11.3 Å². The van der Waals surface area contributed by atoms with Crippen LogP contribution in [0.4, 0.5) is 0 Å². The molecule has 0 aromatic carbocycles. The molecule has 0 bridgehead atoms. The Morgan fingerprint density at radius 2 is 2.04 bits per heavy atom. The average Bonchev–Trinajstić information content (AvgIpc) is 3.14. The molecule has 0 unspecified atom stereocenters. The molecule has 3 heterocycles. The number of nitrogens with zero attached hydrogens (tertiary/aromatic N) is 2. The van der Waals surface area contributed by atoms with Crippen LogP contribution in [-0.4, -0.2) is 48.8 Å². The van der Waals surface area contributed by atoms with Crippen LogP contribution in [-0.2, 0) is 16.1 Å². The van der Waals surface area contributed by atoms with Crippen molar-refractivity contribution in [2.75, 3.05) is 32.9 Å². The summed E-state index contributed by atoms with van der Waals surface area (Å²) in [4.78, 5) is 6.82. The third kappa shape index (κ3) is 3.30. The number of rotatable bonds is 5. The van der Waals surface area contributed by atoms with Gasteiger partial charge in [-0.2, -0.15) is 0 Å². The Kier molecular flexibility index (Phi) is 4.65. The highest BCUT2D eigenvalue weighted by molar-refractivity contribution is 5.08. The molecule has 2 aliphatic heterocycles. The van der Waals surface area contributed by atoms with Crippen molar-refractivity contribution in [3.63, 3.8) is 0 Å². The number of hydrogen-bond donors (Lipinski definition) is 0. The van der Waals surface area contributed by atoms with Gasteiger partial charge in [-0.05, 0) is 49.3 Å². The molecule has 4 rings (SSSR count). The quantitative estimate of drug-likeness (QED) is 0.836. The normalized spacial score (nSPS) is 32.3. The van der Waals surface area contributed by atoms with Gasteiger partial charge < -0.3 is 9.47 Å². The molecule has 3 aliphatic rings. The minimum Gasteiger partial charge on any atom is -0.381 e. The molecule has 1 aromatic rings. The van der Waals surface area contributed by atoms with Gasteiger partial charge in [0.25, 0.3) is 0 Å². The molecule has 2 atom stereocenters. The second kappa shape index (κ2) is 6.88. The first-order valence-corrected chi connectivity index (χ1v) is 9.14. The van der Waals surface area contributed by atoms with Crippen molar-refractivity contribution in [3.05, 3.63) is 30.1 Å². The van der Waals surface area contributed by atoms with Gasteiger partial charge in [-0.1, -0.05) is 6.42 Å². The summed E-state index contributed by atoms with van der Waals surface area (Å²) in [5.74, 6) is 0.836. The van der Waals surface area contributed by atoms with Gasteiger partial charge in [-0.25, -0.2) is 0 Å². The van der Waals surface area contributed by atoms with E-state index in [1.807, 2.05) is 24.5 Å². The molecule has 4 nitrogen and oxygen atoms in total. The lowest BCUT2D eigenvalue weighted by Crippen LogP contribution is -2.40. The second-order valence-corrected chi connectivity index (χ2v) is 7.57. The Morgan fingerprint density at radius 1 is 1.22 bits per heavy atom. The first-order valence-electron chi connectivity index (χ1n) is 9.14. The monoisotopic (exact) mass is 316 g/mol. The van der Waals surface area contributed by atoms with E-state index in [0.717, 1.165) is 31.8 Å². The summed E-state index contributed by atoms with van der Waals surface area (Å²) >= 11 is 0. The van der Waals surface area contributed by atoms with Gasteiger partial charge in [0.05, 0.1) is 13.2 Å². The summed E-state index contributed by atoms with van der Waals surface area (Å²) in [5.41, 5.74) is 1.64. The van der Waals surface area contributed by atoms with Gasteiger partial charge in [0.15, 0.2) is 0 Å². The fraction of sp³-hybridized carbons (Fsp3) is 0.737. The van der Waals surface area contributed by atoms with E-state index in [4.69, 9.17) is 9.47 Å². The minimum atomic E-state index is 0.408. The minimum absolute atomic E-state index is 0.408. The fourth-order valence-corrected chi connectivity index (χ4v) is 4.87.